The van der Waals surface area contributed by atoms with Crippen molar-refractivity contribution in [3.05, 3.63) is 29.8 Å². The molecule has 0 bridgehead atoms. The summed E-state index contributed by atoms with van der Waals surface area (Å²) in [6.07, 6.45) is 1.17. The third-order valence-electron chi connectivity index (χ3n) is 5.63. The van der Waals surface area contributed by atoms with Gasteiger partial charge in [0.2, 0.25) is 5.91 Å². The van der Waals surface area contributed by atoms with E-state index < -0.39 is 12.0 Å². The molecule has 0 aromatic heterocycles. The van der Waals surface area contributed by atoms with Crippen LogP contribution in [0, 0.1) is 17.3 Å². The number of anilines is 1. The number of methoxy groups -OCH3 is 2. The van der Waals surface area contributed by atoms with Crippen LogP contribution in [-0.2, 0) is 30.3 Å². The molecule has 1 amide bonds. The molecule has 1 aliphatic rings. The summed E-state index contributed by atoms with van der Waals surface area (Å²) in [6.45, 7) is 3.92. The highest BCUT2D eigenvalue weighted by atomic mass is 16.5. The second kappa shape index (κ2) is 8.41. The van der Waals surface area contributed by atoms with Gasteiger partial charge in [-0.05, 0) is 35.4 Å². The van der Waals surface area contributed by atoms with E-state index in [2.05, 4.69) is 5.32 Å². The molecule has 0 unspecified atom stereocenters. The van der Waals surface area contributed by atoms with Crippen molar-refractivity contribution in [1.82, 2.24) is 5.32 Å². The normalized spacial score (nSPS) is 21.5. The maximum atomic E-state index is 12.5. The van der Waals surface area contributed by atoms with E-state index in [1.54, 1.807) is 12.1 Å². The highest BCUT2D eigenvalue weighted by molar-refractivity contribution is 5.85. The largest absolute Gasteiger partial charge is 0.469 e. The van der Waals surface area contributed by atoms with Gasteiger partial charge in [-0.1, -0.05) is 26.0 Å². The molecule has 3 atom stereocenters. The number of benzene rings is 1. The van der Waals surface area contributed by atoms with Gasteiger partial charge in [-0.2, -0.15) is 0 Å². The zero-order valence-corrected chi connectivity index (χ0v) is 16.3. The number of carbonyl (C=O) groups is 3. The van der Waals surface area contributed by atoms with Crippen molar-refractivity contribution in [2.45, 2.75) is 39.2 Å². The quantitative estimate of drug-likeness (QED) is 0.554. The Labute approximate surface area is 159 Å². The van der Waals surface area contributed by atoms with Crippen LogP contribution in [0.15, 0.2) is 24.3 Å². The minimum absolute atomic E-state index is 0.0522. The molecule has 1 aliphatic carbocycles. The van der Waals surface area contributed by atoms with E-state index in [9.17, 15) is 14.4 Å². The molecule has 0 radical (unpaired) electrons. The lowest BCUT2D eigenvalue weighted by molar-refractivity contribution is -0.164. The summed E-state index contributed by atoms with van der Waals surface area (Å²) in [7, 11) is 2.66. The average molecular weight is 376 g/mol. The van der Waals surface area contributed by atoms with E-state index in [4.69, 9.17) is 15.2 Å². The van der Waals surface area contributed by atoms with Crippen LogP contribution in [0.2, 0.25) is 0 Å². The van der Waals surface area contributed by atoms with Crippen molar-refractivity contribution in [2.24, 2.45) is 17.3 Å². The molecule has 7 nitrogen and oxygen atoms in total. The first-order chi connectivity index (χ1) is 12.7. The van der Waals surface area contributed by atoms with Gasteiger partial charge in [0.05, 0.1) is 20.1 Å². The number of hydrogen-bond donors (Lipinski definition) is 2. The molecular weight excluding hydrogens is 348 g/mol. The third kappa shape index (κ3) is 4.78. The Morgan fingerprint density at radius 3 is 2.33 bits per heavy atom. The number of amides is 1. The van der Waals surface area contributed by atoms with Gasteiger partial charge in [-0.3, -0.25) is 9.59 Å². The predicted octanol–water partition coefficient (Wildman–Crippen LogP) is 1.69. The lowest BCUT2D eigenvalue weighted by atomic mass is 9.54. The lowest BCUT2D eigenvalue weighted by Crippen LogP contribution is -2.52. The number of ether oxygens (including phenoxy) is 2. The van der Waals surface area contributed by atoms with Crippen LogP contribution in [0.25, 0.3) is 0 Å². The van der Waals surface area contributed by atoms with Crippen LogP contribution in [0.5, 0.6) is 0 Å². The highest BCUT2D eigenvalue weighted by Crippen LogP contribution is 2.53. The zero-order valence-electron chi connectivity index (χ0n) is 16.3. The van der Waals surface area contributed by atoms with Crippen LogP contribution in [0.4, 0.5) is 5.69 Å². The summed E-state index contributed by atoms with van der Waals surface area (Å²) in [5.41, 5.74) is 6.86. The van der Waals surface area contributed by atoms with Crippen molar-refractivity contribution in [3.8, 4) is 0 Å². The van der Waals surface area contributed by atoms with Gasteiger partial charge < -0.3 is 20.5 Å². The molecule has 0 aliphatic heterocycles. The minimum atomic E-state index is -0.772. The van der Waals surface area contributed by atoms with E-state index in [-0.39, 0.29) is 35.5 Å². The van der Waals surface area contributed by atoms with Gasteiger partial charge in [0, 0.05) is 18.5 Å². The van der Waals surface area contributed by atoms with Crippen LogP contribution in [0.1, 0.15) is 32.3 Å². The second-order valence-electron chi connectivity index (χ2n) is 7.62. The molecule has 0 heterocycles. The molecule has 27 heavy (non-hydrogen) atoms. The Morgan fingerprint density at radius 2 is 1.81 bits per heavy atom. The Hall–Kier alpha value is -2.57. The topological polar surface area (TPSA) is 108 Å². The molecule has 7 heteroatoms. The molecule has 0 saturated heterocycles. The molecule has 1 saturated carbocycles. The summed E-state index contributed by atoms with van der Waals surface area (Å²) in [4.78, 5) is 36.4. The van der Waals surface area contributed by atoms with Crippen molar-refractivity contribution >= 4 is 23.5 Å². The number of hydrogen-bond acceptors (Lipinski definition) is 6. The van der Waals surface area contributed by atoms with Crippen molar-refractivity contribution < 1.29 is 23.9 Å². The van der Waals surface area contributed by atoms with Gasteiger partial charge in [-0.25, -0.2) is 4.79 Å². The maximum absolute atomic E-state index is 12.5. The van der Waals surface area contributed by atoms with Crippen molar-refractivity contribution in [3.63, 3.8) is 0 Å². The monoisotopic (exact) mass is 376 g/mol. The van der Waals surface area contributed by atoms with E-state index in [1.807, 2.05) is 26.0 Å². The lowest BCUT2D eigenvalue weighted by Gasteiger charge is -2.50. The van der Waals surface area contributed by atoms with Gasteiger partial charge in [-0.15, -0.1) is 0 Å². The number of carbonyl (C=O) groups excluding carboxylic acids is 3. The first-order valence-electron chi connectivity index (χ1n) is 8.98. The Balaban J connectivity index is 1.97. The third-order valence-corrected chi connectivity index (χ3v) is 5.63. The van der Waals surface area contributed by atoms with E-state index in [0.717, 1.165) is 5.56 Å². The molecule has 1 aromatic carbocycles. The number of nitrogen functional groups attached to an aromatic ring is 1. The Morgan fingerprint density at radius 1 is 1.19 bits per heavy atom. The molecule has 2 rings (SSSR count). The van der Waals surface area contributed by atoms with Crippen LogP contribution >= 0.6 is 0 Å². The number of esters is 2. The molecule has 0 spiro atoms. The molecule has 1 aromatic rings. The molecule has 3 N–H and O–H groups in total. The summed E-state index contributed by atoms with van der Waals surface area (Å²) >= 11 is 0. The zero-order chi connectivity index (χ0) is 20.2. The average Bonchev–Trinajstić information content (AvgIpc) is 2.64. The van der Waals surface area contributed by atoms with Gasteiger partial charge in [0.25, 0.3) is 0 Å². The first-order valence-corrected chi connectivity index (χ1v) is 8.98. The summed E-state index contributed by atoms with van der Waals surface area (Å²) in [5, 5.41) is 2.76. The highest BCUT2D eigenvalue weighted by Gasteiger charge is 2.52. The van der Waals surface area contributed by atoms with E-state index in [1.165, 1.54) is 14.2 Å². The van der Waals surface area contributed by atoms with Crippen molar-refractivity contribution in [2.75, 3.05) is 20.0 Å². The molecule has 1 fully saturated rings. The fourth-order valence-electron chi connectivity index (χ4n) is 3.61. The summed E-state index contributed by atoms with van der Waals surface area (Å²) in [5.74, 6) is -1.13. The first kappa shape index (κ1) is 20.7. The minimum Gasteiger partial charge on any atom is -0.469 e. The number of nitrogens with two attached hydrogens (primary N) is 1. The van der Waals surface area contributed by atoms with Gasteiger partial charge >= 0.3 is 11.9 Å². The standard InChI is InChI=1S/C20H28N2O5/c1-20(2)13(10-15(20)18(24)26-3)11-17(23)22-16(19(25)27-4)9-12-5-7-14(21)8-6-12/h5-8,13,15-16H,9-11,21H2,1-4H3,(H,22,23)/t13-,15+,16+/m1/s1. The van der Waals surface area contributed by atoms with Crippen LogP contribution in [0.3, 0.4) is 0 Å². The van der Waals surface area contributed by atoms with Gasteiger partial charge in [0.15, 0.2) is 0 Å². The molecular formula is C20H28N2O5. The predicted molar refractivity (Wildman–Crippen MR) is 101 cm³/mol. The maximum Gasteiger partial charge on any atom is 0.328 e. The van der Waals surface area contributed by atoms with Gasteiger partial charge in [0.1, 0.15) is 6.04 Å². The van der Waals surface area contributed by atoms with E-state index >= 15 is 0 Å². The Bertz CT molecular complexity index is 699. The summed E-state index contributed by atoms with van der Waals surface area (Å²) < 4.78 is 9.64. The number of nitrogens with one attached hydrogen (secondary N) is 1. The fourth-order valence-corrected chi connectivity index (χ4v) is 3.61. The number of rotatable bonds is 7. The molecule has 148 valence electrons. The Kier molecular flexibility index (Phi) is 6.46. The SMILES string of the molecule is COC(=O)[C@H](Cc1ccc(N)cc1)NC(=O)C[C@H]1C[C@@H](C(=O)OC)C1(C)C. The van der Waals surface area contributed by atoms with E-state index in [0.29, 0.717) is 18.5 Å². The van der Waals surface area contributed by atoms with Crippen LogP contribution < -0.4 is 11.1 Å². The smallest absolute Gasteiger partial charge is 0.328 e. The fraction of sp³-hybridized carbons (Fsp3) is 0.550. The summed E-state index contributed by atoms with van der Waals surface area (Å²) in [6, 6.07) is 6.34. The van der Waals surface area contributed by atoms with Crippen LogP contribution in [-0.4, -0.2) is 38.1 Å². The second-order valence-corrected chi connectivity index (χ2v) is 7.62. The van der Waals surface area contributed by atoms with Crippen molar-refractivity contribution in [1.29, 1.82) is 0 Å².